The second-order valence-electron chi connectivity index (χ2n) is 4.79. The van der Waals surface area contributed by atoms with Crippen molar-refractivity contribution in [1.82, 2.24) is 20.1 Å². The number of hydrogen-bond acceptors (Lipinski definition) is 4. The van der Waals surface area contributed by atoms with Crippen LogP contribution in [0.1, 0.15) is 16.1 Å². The minimum Gasteiger partial charge on any atom is -0.370 e. The fourth-order valence-corrected chi connectivity index (χ4v) is 2.28. The van der Waals surface area contributed by atoms with Gasteiger partial charge in [-0.2, -0.15) is 5.10 Å². The molecule has 2 aromatic heterocycles. The number of halogens is 1. The number of aromatic nitrogens is 3. The van der Waals surface area contributed by atoms with E-state index in [1.54, 1.807) is 24.0 Å². The van der Waals surface area contributed by atoms with E-state index in [0.717, 1.165) is 16.6 Å². The smallest absolute Gasteiger partial charge is 0.261 e. The van der Waals surface area contributed by atoms with Gasteiger partial charge >= 0.3 is 0 Å². The van der Waals surface area contributed by atoms with Gasteiger partial charge in [-0.25, -0.2) is 4.68 Å². The van der Waals surface area contributed by atoms with Gasteiger partial charge in [0, 0.05) is 17.8 Å². The average Bonchev–Trinajstić information content (AvgIpc) is 2.88. The normalized spacial score (nSPS) is 10.1. The number of aryl methyl sites for hydroxylation is 1. The summed E-state index contributed by atoms with van der Waals surface area (Å²) in [4.78, 5) is 16.3. The maximum absolute atomic E-state index is 12.0. The van der Waals surface area contributed by atoms with Gasteiger partial charge in [0.2, 0.25) is 0 Å². The van der Waals surface area contributed by atoms with E-state index in [0.29, 0.717) is 11.3 Å². The summed E-state index contributed by atoms with van der Waals surface area (Å²) in [5.74, 6) is -0.846. The van der Waals surface area contributed by atoms with Gasteiger partial charge in [-0.3, -0.25) is 20.5 Å². The lowest BCUT2D eigenvalue weighted by atomic mass is 10.2. The van der Waals surface area contributed by atoms with Crippen LogP contribution in [-0.4, -0.2) is 26.6 Å². The fraction of sp³-hybridized carbons (Fsp3) is 0.0667. The molecular formula is C15H15ClN6O. The van der Waals surface area contributed by atoms with Crippen LogP contribution >= 0.6 is 12.4 Å². The van der Waals surface area contributed by atoms with E-state index < -0.39 is 11.9 Å². The van der Waals surface area contributed by atoms with Crippen molar-refractivity contribution in [3.8, 4) is 5.69 Å². The highest BCUT2D eigenvalue weighted by atomic mass is 35.5. The maximum atomic E-state index is 12.0. The number of fused-ring (bicyclic) bond motifs is 1. The van der Waals surface area contributed by atoms with Crippen LogP contribution in [0, 0.1) is 12.3 Å². The summed E-state index contributed by atoms with van der Waals surface area (Å²) in [7, 11) is 0. The van der Waals surface area contributed by atoms with Crippen molar-refractivity contribution in [3.63, 3.8) is 0 Å². The molecule has 7 nitrogen and oxygen atoms in total. The molecule has 0 fully saturated rings. The molecule has 1 aromatic carbocycles. The zero-order valence-corrected chi connectivity index (χ0v) is 13.1. The largest absolute Gasteiger partial charge is 0.370 e. The fourth-order valence-electron chi connectivity index (χ4n) is 2.28. The number of amides is 1. The van der Waals surface area contributed by atoms with Crippen LogP contribution in [0.3, 0.4) is 0 Å². The first-order valence-corrected chi connectivity index (χ1v) is 6.62. The molecule has 0 bridgehead atoms. The molecule has 3 aromatic rings. The highest BCUT2D eigenvalue weighted by Crippen LogP contribution is 2.21. The lowest BCUT2D eigenvalue weighted by Gasteiger charge is -2.05. The minimum absolute atomic E-state index is 0. The van der Waals surface area contributed by atoms with E-state index in [1.807, 2.05) is 30.3 Å². The topological polar surface area (TPSA) is 110 Å². The summed E-state index contributed by atoms with van der Waals surface area (Å²) in [6.45, 7) is 1.73. The number of carbonyl (C=O) groups is 1. The Morgan fingerprint density at radius 2 is 2.09 bits per heavy atom. The molecule has 4 N–H and O–H groups in total. The summed E-state index contributed by atoms with van der Waals surface area (Å²) in [6.07, 6.45) is 3.35. The molecule has 0 aliphatic carbocycles. The Balaban J connectivity index is 0.00000192. The molecule has 0 atom stereocenters. The Kier molecular flexibility index (Phi) is 4.61. The van der Waals surface area contributed by atoms with Gasteiger partial charge in [0.05, 0.1) is 22.5 Å². The van der Waals surface area contributed by atoms with E-state index >= 15 is 0 Å². The average molecular weight is 331 g/mol. The number of pyridine rings is 1. The van der Waals surface area contributed by atoms with Crippen LogP contribution in [0.4, 0.5) is 0 Å². The molecule has 0 aliphatic heterocycles. The third-order valence-electron chi connectivity index (χ3n) is 3.26. The molecular weight excluding hydrogens is 316 g/mol. The maximum Gasteiger partial charge on any atom is 0.261 e. The first-order chi connectivity index (χ1) is 10.6. The molecule has 3 rings (SSSR count). The number of nitrogens with one attached hydrogen (secondary N) is 2. The highest BCUT2D eigenvalue weighted by Gasteiger charge is 2.15. The van der Waals surface area contributed by atoms with Gasteiger partial charge in [-0.15, -0.1) is 12.4 Å². The van der Waals surface area contributed by atoms with Crippen molar-refractivity contribution in [2.75, 3.05) is 0 Å². The number of benzene rings is 1. The van der Waals surface area contributed by atoms with E-state index in [9.17, 15) is 4.79 Å². The molecule has 0 saturated heterocycles. The van der Waals surface area contributed by atoms with Gasteiger partial charge in [-0.1, -0.05) is 6.07 Å². The molecule has 8 heteroatoms. The van der Waals surface area contributed by atoms with Crippen LogP contribution in [0.15, 0.2) is 42.7 Å². The summed E-state index contributed by atoms with van der Waals surface area (Å²) in [5.41, 5.74) is 7.79. The minimum atomic E-state index is -0.449. The van der Waals surface area contributed by atoms with Crippen molar-refractivity contribution in [2.24, 2.45) is 5.73 Å². The quantitative estimate of drug-likeness (QED) is 0.491. The summed E-state index contributed by atoms with van der Waals surface area (Å²) in [5, 5.41) is 14.7. The zero-order valence-electron chi connectivity index (χ0n) is 12.3. The first-order valence-electron chi connectivity index (χ1n) is 6.62. The van der Waals surface area contributed by atoms with Crippen LogP contribution in [-0.2, 0) is 0 Å². The summed E-state index contributed by atoms with van der Waals surface area (Å²) < 4.78 is 1.63. The number of nitrogens with zero attached hydrogens (tertiary/aromatic N) is 3. The number of nitrogens with two attached hydrogens (primary N) is 1. The van der Waals surface area contributed by atoms with Crippen LogP contribution in [0.5, 0.6) is 0 Å². The molecule has 2 heterocycles. The van der Waals surface area contributed by atoms with Gasteiger partial charge in [0.15, 0.2) is 5.96 Å². The standard InChI is InChI=1S/C15H14N6O.ClH/c1-9-11(14(22)19-15(16)17)8-21(20-9)13-6-2-5-12-10(13)4-3-7-18-12;/h2-8H,1H3,(H4,16,17,19,22);1H. The molecule has 0 radical (unpaired) electrons. The van der Waals surface area contributed by atoms with E-state index in [2.05, 4.69) is 15.4 Å². The van der Waals surface area contributed by atoms with Crippen molar-refractivity contribution in [2.45, 2.75) is 6.92 Å². The van der Waals surface area contributed by atoms with E-state index in [4.69, 9.17) is 11.1 Å². The molecule has 0 saturated carbocycles. The Labute approximate surface area is 138 Å². The van der Waals surface area contributed by atoms with E-state index in [-0.39, 0.29) is 12.4 Å². The molecule has 23 heavy (non-hydrogen) atoms. The van der Waals surface area contributed by atoms with Gasteiger partial charge in [0.25, 0.3) is 5.91 Å². The Morgan fingerprint density at radius 1 is 1.30 bits per heavy atom. The molecule has 1 amide bonds. The van der Waals surface area contributed by atoms with Crippen LogP contribution in [0.25, 0.3) is 16.6 Å². The second kappa shape index (κ2) is 6.45. The third-order valence-corrected chi connectivity index (χ3v) is 3.26. The van der Waals surface area contributed by atoms with Crippen molar-refractivity contribution in [3.05, 3.63) is 54.0 Å². The first kappa shape index (κ1) is 16.4. The van der Waals surface area contributed by atoms with Crippen molar-refractivity contribution >= 4 is 35.2 Å². The summed E-state index contributed by atoms with van der Waals surface area (Å²) in [6, 6.07) is 9.51. The molecule has 118 valence electrons. The van der Waals surface area contributed by atoms with Gasteiger partial charge < -0.3 is 5.73 Å². The third kappa shape index (κ3) is 3.14. The molecule has 0 spiro atoms. The van der Waals surface area contributed by atoms with Gasteiger partial charge in [-0.05, 0) is 31.2 Å². The SMILES string of the molecule is Cc1nn(-c2cccc3ncccc23)cc1C(=O)NC(=N)N.Cl. The Hall–Kier alpha value is -2.93. The lowest BCUT2D eigenvalue weighted by molar-refractivity contribution is 0.0976. The van der Waals surface area contributed by atoms with E-state index in [1.165, 1.54) is 0 Å². The zero-order chi connectivity index (χ0) is 15.7. The predicted molar refractivity (Wildman–Crippen MR) is 90.2 cm³/mol. The number of hydrogen-bond donors (Lipinski definition) is 3. The number of guanidine groups is 1. The Morgan fingerprint density at radius 3 is 2.83 bits per heavy atom. The summed E-state index contributed by atoms with van der Waals surface area (Å²) >= 11 is 0. The molecule has 0 aliphatic rings. The predicted octanol–water partition coefficient (Wildman–Crippen LogP) is 1.77. The molecule has 0 unspecified atom stereocenters. The van der Waals surface area contributed by atoms with Crippen molar-refractivity contribution in [1.29, 1.82) is 5.41 Å². The van der Waals surface area contributed by atoms with Crippen LogP contribution in [0.2, 0.25) is 0 Å². The number of carbonyl (C=O) groups excluding carboxylic acids is 1. The monoisotopic (exact) mass is 330 g/mol. The van der Waals surface area contributed by atoms with Crippen molar-refractivity contribution < 1.29 is 4.79 Å². The second-order valence-corrected chi connectivity index (χ2v) is 4.79. The van der Waals surface area contributed by atoms with Crippen LogP contribution < -0.4 is 11.1 Å². The number of rotatable bonds is 2. The highest BCUT2D eigenvalue weighted by molar-refractivity contribution is 6.05. The lowest BCUT2D eigenvalue weighted by Crippen LogP contribution is -2.35. The van der Waals surface area contributed by atoms with Gasteiger partial charge in [0.1, 0.15) is 0 Å². The Bertz CT molecular complexity index is 883.